The summed E-state index contributed by atoms with van der Waals surface area (Å²) in [6.07, 6.45) is 11.6. The van der Waals surface area contributed by atoms with Crippen LogP contribution in [0.5, 0.6) is 11.5 Å². The first kappa shape index (κ1) is 19.7. The number of carbonyl (C=O) groups excluding carboxylic acids is 1. The molecule has 0 radical (unpaired) electrons. The Kier molecular flexibility index (Phi) is 6.05. The Morgan fingerprint density at radius 3 is 2.56 bits per heavy atom. The lowest BCUT2D eigenvalue weighted by Crippen LogP contribution is -2.41. The highest BCUT2D eigenvalue weighted by atomic mass is 35.5. The Bertz CT molecular complexity index is 801. The number of benzene rings is 1. The third-order valence-electron chi connectivity index (χ3n) is 5.77. The number of hydrogen-bond donors (Lipinski definition) is 0. The fraction of sp³-hybridized carbons (Fsp3) is 0.455. The summed E-state index contributed by atoms with van der Waals surface area (Å²) in [5.74, 6) is 1.66. The number of ketones is 1. The SMILES string of the molecule is COc1ccc(C(=O)Cc2ccncc2)c2c1OC1(CCCCC1)CC2.Cl. The second-order valence-electron chi connectivity index (χ2n) is 7.42. The van der Waals surface area contributed by atoms with Crippen molar-refractivity contribution in [2.75, 3.05) is 7.11 Å². The lowest BCUT2D eigenvalue weighted by molar-refractivity contribution is 0.00815. The van der Waals surface area contributed by atoms with Crippen LogP contribution in [0.2, 0.25) is 0 Å². The Hall–Kier alpha value is -2.07. The van der Waals surface area contributed by atoms with E-state index in [0.717, 1.165) is 53.9 Å². The highest BCUT2D eigenvalue weighted by Gasteiger charge is 2.39. The van der Waals surface area contributed by atoms with Gasteiger partial charge in [0.25, 0.3) is 0 Å². The molecule has 1 aliphatic heterocycles. The number of pyridine rings is 1. The standard InChI is InChI=1S/C22H25NO3.ClH/c1-25-20-6-5-17(19(24)15-16-8-13-23-14-9-16)18-7-12-22(26-21(18)20)10-3-2-4-11-22;/h5-6,8-9,13-14H,2-4,7,10-12,15H2,1H3;1H. The van der Waals surface area contributed by atoms with E-state index in [-0.39, 0.29) is 23.8 Å². The molecule has 2 heterocycles. The Morgan fingerprint density at radius 2 is 1.85 bits per heavy atom. The summed E-state index contributed by atoms with van der Waals surface area (Å²) < 4.78 is 12.1. The van der Waals surface area contributed by atoms with Crippen LogP contribution in [0.3, 0.4) is 0 Å². The van der Waals surface area contributed by atoms with Gasteiger partial charge in [0.05, 0.1) is 7.11 Å². The van der Waals surface area contributed by atoms with E-state index in [1.165, 1.54) is 19.3 Å². The van der Waals surface area contributed by atoms with Crippen molar-refractivity contribution in [3.05, 3.63) is 53.3 Å². The maximum atomic E-state index is 12.9. The molecular weight excluding hydrogens is 362 g/mol. The van der Waals surface area contributed by atoms with E-state index in [1.54, 1.807) is 19.5 Å². The van der Waals surface area contributed by atoms with Crippen LogP contribution < -0.4 is 9.47 Å². The third-order valence-corrected chi connectivity index (χ3v) is 5.77. The molecule has 0 atom stereocenters. The van der Waals surface area contributed by atoms with Crippen molar-refractivity contribution in [1.82, 2.24) is 4.98 Å². The first-order valence-corrected chi connectivity index (χ1v) is 9.52. The topological polar surface area (TPSA) is 48.4 Å². The van der Waals surface area contributed by atoms with Crippen molar-refractivity contribution >= 4 is 18.2 Å². The minimum Gasteiger partial charge on any atom is -0.493 e. The smallest absolute Gasteiger partial charge is 0.167 e. The molecule has 1 aromatic carbocycles. The van der Waals surface area contributed by atoms with Crippen molar-refractivity contribution in [2.24, 2.45) is 0 Å². The zero-order chi connectivity index (χ0) is 18.0. The van der Waals surface area contributed by atoms with Gasteiger partial charge in [-0.05, 0) is 68.4 Å². The van der Waals surface area contributed by atoms with Crippen molar-refractivity contribution in [3.63, 3.8) is 0 Å². The Labute approximate surface area is 166 Å². The van der Waals surface area contributed by atoms with Gasteiger partial charge >= 0.3 is 0 Å². The average Bonchev–Trinajstić information content (AvgIpc) is 2.68. The minimum atomic E-state index is -0.0642. The van der Waals surface area contributed by atoms with Gasteiger partial charge in [0, 0.05) is 29.9 Å². The number of carbonyl (C=O) groups is 1. The van der Waals surface area contributed by atoms with Crippen LogP contribution in [0, 0.1) is 0 Å². The molecule has 0 amide bonds. The van der Waals surface area contributed by atoms with Crippen LogP contribution in [0.4, 0.5) is 0 Å². The summed E-state index contributed by atoms with van der Waals surface area (Å²) in [7, 11) is 1.67. The summed E-state index contributed by atoms with van der Waals surface area (Å²) in [6, 6.07) is 7.55. The van der Waals surface area contributed by atoms with Crippen LogP contribution >= 0.6 is 12.4 Å². The fourth-order valence-electron chi connectivity index (χ4n) is 4.34. The number of Topliss-reactive ketones (excluding diaryl/α,β-unsaturated/α-hetero) is 1. The van der Waals surface area contributed by atoms with E-state index in [0.29, 0.717) is 6.42 Å². The van der Waals surface area contributed by atoms with Gasteiger partial charge < -0.3 is 9.47 Å². The van der Waals surface area contributed by atoms with Crippen molar-refractivity contribution in [1.29, 1.82) is 0 Å². The molecular formula is C22H26ClNO3. The Morgan fingerprint density at radius 1 is 1.11 bits per heavy atom. The second kappa shape index (κ2) is 8.30. The molecule has 4 rings (SSSR count). The summed E-state index contributed by atoms with van der Waals surface area (Å²) >= 11 is 0. The molecule has 1 aromatic heterocycles. The highest BCUT2D eigenvalue weighted by molar-refractivity contribution is 5.99. The number of hydrogen-bond acceptors (Lipinski definition) is 4. The summed E-state index contributed by atoms with van der Waals surface area (Å²) in [5, 5.41) is 0. The van der Waals surface area contributed by atoms with Gasteiger partial charge in [0.2, 0.25) is 0 Å². The summed E-state index contributed by atoms with van der Waals surface area (Å²) in [6.45, 7) is 0. The van der Waals surface area contributed by atoms with E-state index in [4.69, 9.17) is 9.47 Å². The quantitative estimate of drug-likeness (QED) is 0.695. The van der Waals surface area contributed by atoms with E-state index in [2.05, 4.69) is 4.98 Å². The summed E-state index contributed by atoms with van der Waals surface area (Å²) in [5.41, 5.74) is 2.70. The number of rotatable bonds is 4. The molecule has 1 fully saturated rings. The molecule has 1 spiro atoms. The first-order valence-electron chi connectivity index (χ1n) is 9.52. The maximum absolute atomic E-state index is 12.9. The van der Waals surface area contributed by atoms with Crippen LogP contribution in [0.25, 0.3) is 0 Å². The molecule has 1 saturated carbocycles. The van der Waals surface area contributed by atoms with Gasteiger partial charge in [0.15, 0.2) is 17.3 Å². The molecule has 27 heavy (non-hydrogen) atoms. The normalized spacial score (nSPS) is 17.4. The molecule has 0 saturated heterocycles. The predicted octanol–water partition coefficient (Wildman–Crippen LogP) is 4.97. The lowest BCUT2D eigenvalue weighted by Gasteiger charge is -2.42. The van der Waals surface area contributed by atoms with E-state index < -0.39 is 0 Å². The zero-order valence-corrected chi connectivity index (χ0v) is 16.5. The molecule has 4 nitrogen and oxygen atoms in total. The number of fused-ring (bicyclic) bond motifs is 1. The molecule has 1 aliphatic carbocycles. The van der Waals surface area contributed by atoms with E-state index >= 15 is 0 Å². The number of aromatic nitrogens is 1. The van der Waals surface area contributed by atoms with Gasteiger partial charge in [0.1, 0.15) is 5.60 Å². The molecule has 2 aliphatic rings. The van der Waals surface area contributed by atoms with E-state index in [9.17, 15) is 4.79 Å². The molecule has 0 bridgehead atoms. The van der Waals surface area contributed by atoms with Crippen LogP contribution in [0.15, 0.2) is 36.7 Å². The monoisotopic (exact) mass is 387 g/mol. The number of ether oxygens (including phenoxy) is 2. The van der Waals surface area contributed by atoms with Crippen molar-refractivity contribution in [3.8, 4) is 11.5 Å². The zero-order valence-electron chi connectivity index (χ0n) is 15.7. The van der Waals surface area contributed by atoms with Gasteiger partial charge in [-0.3, -0.25) is 9.78 Å². The number of halogens is 1. The van der Waals surface area contributed by atoms with Gasteiger partial charge in [-0.15, -0.1) is 12.4 Å². The Balaban J connectivity index is 0.00000210. The molecule has 5 heteroatoms. The van der Waals surface area contributed by atoms with E-state index in [1.807, 2.05) is 24.3 Å². The van der Waals surface area contributed by atoms with Gasteiger partial charge in [-0.2, -0.15) is 0 Å². The van der Waals surface area contributed by atoms with Crippen LogP contribution in [-0.2, 0) is 12.8 Å². The van der Waals surface area contributed by atoms with Crippen molar-refractivity contribution in [2.45, 2.75) is 57.0 Å². The largest absolute Gasteiger partial charge is 0.493 e. The lowest BCUT2D eigenvalue weighted by atomic mass is 9.78. The van der Waals surface area contributed by atoms with Crippen molar-refractivity contribution < 1.29 is 14.3 Å². The highest BCUT2D eigenvalue weighted by Crippen LogP contribution is 2.46. The van der Waals surface area contributed by atoms with Crippen LogP contribution in [0.1, 0.15) is 60.0 Å². The fourth-order valence-corrected chi connectivity index (χ4v) is 4.34. The number of methoxy groups -OCH3 is 1. The van der Waals surface area contributed by atoms with Gasteiger partial charge in [-0.25, -0.2) is 0 Å². The number of nitrogens with zero attached hydrogens (tertiary/aromatic N) is 1. The van der Waals surface area contributed by atoms with Gasteiger partial charge in [-0.1, -0.05) is 6.42 Å². The molecule has 2 aromatic rings. The predicted molar refractivity (Wildman–Crippen MR) is 107 cm³/mol. The first-order chi connectivity index (χ1) is 12.7. The maximum Gasteiger partial charge on any atom is 0.167 e. The third kappa shape index (κ3) is 3.96. The average molecular weight is 388 g/mol. The summed E-state index contributed by atoms with van der Waals surface area (Å²) in [4.78, 5) is 17.0. The minimum absolute atomic E-state index is 0. The molecule has 0 N–H and O–H groups in total. The second-order valence-corrected chi connectivity index (χ2v) is 7.42. The molecule has 0 unspecified atom stereocenters. The molecule has 144 valence electrons. The van der Waals surface area contributed by atoms with Crippen LogP contribution in [-0.4, -0.2) is 23.5 Å².